The lowest BCUT2D eigenvalue weighted by molar-refractivity contribution is 0.147. The Morgan fingerprint density at radius 3 is 2.21 bits per heavy atom. The van der Waals surface area contributed by atoms with Gasteiger partial charge in [0.15, 0.2) is 0 Å². The van der Waals surface area contributed by atoms with Crippen LogP contribution in [0.4, 0.5) is 0 Å². The highest BCUT2D eigenvalue weighted by Gasteiger charge is 2.28. The molecular formula is C17H30N2. The zero-order valence-corrected chi connectivity index (χ0v) is 13.2. The molecule has 0 saturated carbocycles. The first-order valence-corrected chi connectivity index (χ1v) is 7.60. The normalized spacial score (nSPS) is 14.9. The van der Waals surface area contributed by atoms with Crippen molar-refractivity contribution in [2.45, 2.75) is 46.2 Å². The summed E-state index contributed by atoms with van der Waals surface area (Å²) in [6.45, 7) is 11.2. The van der Waals surface area contributed by atoms with Crippen LogP contribution in [-0.2, 0) is 0 Å². The van der Waals surface area contributed by atoms with Gasteiger partial charge in [0.05, 0.1) is 0 Å². The van der Waals surface area contributed by atoms with E-state index in [1.807, 2.05) is 0 Å². The molecule has 0 aromatic heterocycles. The lowest BCUT2D eigenvalue weighted by Crippen LogP contribution is -2.46. The van der Waals surface area contributed by atoms with E-state index in [2.05, 4.69) is 75.3 Å². The molecule has 0 aliphatic heterocycles. The summed E-state index contributed by atoms with van der Waals surface area (Å²) in [5.74, 6) is 0.626. The van der Waals surface area contributed by atoms with Gasteiger partial charge in [0.1, 0.15) is 0 Å². The summed E-state index contributed by atoms with van der Waals surface area (Å²) < 4.78 is 0. The van der Waals surface area contributed by atoms with Crippen LogP contribution in [0.3, 0.4) is 0 Å². The van der Waals surface area contributed by atoms with Crippen LogP contribution in [-0.4, -0.2) is 31.1 Å². The maximum Gasteiger partial charge on any atom is 0.0480 e. The van der Waals surface area contributed by atoms with Crippen molar-refractivity contribution in [3.05, 3.63) is 35.9 Å². The van der Waals surface area contributed by atoms with Crippen molar-refractivity contribution in [1.82, 2.24) is 10.2 Å². The van der Waals surface area contributed by atoms with Gasteiger partial charge < -0.3 is 10.2 Å². The molecule has 1 rings (SSSR count). The number of likely N-dealkylation sites (N-methyl/N-ethyl adjacent to an activating group) is 2. The molecule has 2 unspecified atom stereocenters. The standard InChI is InChI=1S/C17H30N2/c1-6-13-19(5)17(14(3)4)16(18-7-2)15-11-9-8-10-12-15/h8-12,14,16-18H,6-7,13H2,1-5H3. The quantitative estimate of drug-likeness (QED) is 0.768. The fourth-order valence-electron chi connectivity index (χ4n) is 2.97. The fourth-order valence-corrected chi connectivity index (χ4v) is 2.97. The molecule has 0 aliphatic carbocycles. The summed E-state index contributed by atoms with van der Waals surface area (Å²) in [7, 11) is 2.25. The van der Waals surface area contributed by atoms with Crippen LogP contribution >= 0.6 is 0 Å². The molecule has 2 heteroatoms. The van der Waals surface area contributed by atoms with Crippen molar-refractivity contribution in [2.24, 2.45) is 5.92 Å². The molecule has 0 bridgehead atoms. The Balaban J connectivity index is 2.99. The molecule has 0 aliphatic rings. The second-order valence-corrected chi connectivity index (χ2v) is 5.66. The van der Waals surface area contributed by atoms with Crippen molar-refractivity contribution in [1.29, 1.82) is 0 Å². The van der Waals surface area contributed by atoms with E-state index in [0.717, 1.165) is 13.1 Å². The number of rotatable bonds is 8. The molecule has 108 valence electrons. The number of hydrogen-bond acceptors (Lipinski definition) is 2. The summed E-state index contributed by atoms with van der Waals surface area (Å²) in [4.78, 5) is 2.50. The Hall–Kier alpha value is -0.860. The molecule has 1 N–H and O–H groups in total. The van der Waals surface area contributed by atoms with Gasteiger partial charge in [-0.1, -0.05) is 58.0 Å². The average Bonchev–Trinajstić information content (AvgIpc) is 2.39. The van der Waals surface area contributed by atoms with E-state index in [1.165, 1.54) is 12.0 Å². The van der Waals surface area contributed by atoms with Crippen molar-refractivity contribution in [3.63, 3.8) is 0 Å². The predicted molar refractivity (Wildman–Crippen MR) is 84.4 cm³/mol. The van der Waals surface area contributed by atoms with Gasteiger partial charge in [-0.15, -0.1) is 0 Å². The lowest BCUT2D eigenvalue weighted by Gasteiger charge is -2.38. The van der Waals surface area contributed by atoms with Gasteiger partial charge in [-0.3, -0.25) is 0 Å². The Bertz CT molecular complexity index is 334. The van der Waals surface area contributed by atoms with Gasteiger partial charge in [-0.25, -0.2) is 0 Å². The minimum atomic E-state index is 0.405. The van der Waals surface area contributed by atoms with Gasteiger partial charge >= 0.3 is 0 Å². The van der Waals surface area contributed by atoms with Crippen LogP contribution in [0, 0.1) is 5.92 Å². The van der Waals surface area contributed by atoms with Gasteiger partial charge in [-0.2, -0.15) is 0 Å². The van der Waals surface area contributed by atoms with Gasteiger partial charge in [0, 0.05) is 12.1 Å². The Labute approximate surface area is 119 Å². The molecule has 2 nitrogen and oxygen atoms in total. The minimum absolute atomic E-state index is 0.405. The third kappa shape index (κ3) is 4.63. The van der Waals surface area contributed by atoms with Gasteiger partial charge in [0.2, 0.25) is 0 Å². The molecular weight excluding hydrogens is 232 g/mol. The topological polar surface area (TPSA) is 15.3 Å². The Morgan fingerprint density at radius 2 is 1.74 bits per heavy atom. The van der Waals surface area contributed by atoms with E-state index in [9.17, 15) is 0 Å². The van der Waals surface area contributed by atoms with Gasteiger partial charge in [-0.05, 0) is 38.0 Å². The number of nitrogens with one attached hydrogen (secondary N) is 1. The van der Waals surface area contributed by atoms with E-state index >= 15 is 0 Å². The SMILES string of the molecule is CCCN(C)C(C(C)C)C(NCC)c1ccccc1. The Kier molecular flexibility index (Phi) is 7.11. The monoisotopic (exact) mass is 262 g/mol. The van der Waals surface area contributed by atoms with Crippen LogP contribution in [0.5, 0.6) is 0 Å². The summed E-state index contributed by atoms with van der Waals surface area (Å²) in [6.07, 6.45) is 1.20. The van der Waals surface area contributed by atoms with Crippen LogP contribution in [0.25, 0.3) is 0 Å². The average molecular weight is 262 g/mol. The molecule has 19 heavy (non-hydrogen) atoms. The minimum Gasteiger partial charge on any atom is -0.309 e. The number of hydrogen-bond donors (Lipinski definition) is 1. The van der Waals surface area contributed by atoms with Crippen molar-refractivity contribution in [2.75, 3.05) is 20.1 Å². The maximum atomic E-state index is 3.68. The molecule has 0 fully saturated rings. The van der Waals surface area contributed by atoms with Crippen LogP contribution in [0.2, 0.25) is 0 Å². The molecule has 0 saturated heterocycles. The molecule has 0 spiro atoms. The zero-order chi connectivity index (χ0) is 14.3. The van der Waals surface area contributed by atoms with Crippen LogP contribution < -0.4 is 5.32 Å². The van der Waals surface area contributed by atoms with Gasteiger partial charge in [0.25, 0.3) is 0 Å². The third-order valence-electron chi connectivity index (χ3n) is 3.69. The molecule has 0 amide bonds. The maximum absolute atomic E-state index is 3.68. The van der Waals surface area contributed by atoms with E-state index in [0.29, 0.717) is 18.0 Å². The summed E-state index contributed by atoms with van der Waals surface area (Å²) in [5, 5.41) is 3.68. The van der Waals surface area contributed by atoms with Crippen molar-refractivity contribution in [3.8, 4) is 0 Å². The van der Waals surface area contributed by atoms with Crippen LogP contribution in [0.1, 0.15) is 45.7 Å². The first-order chi connectivity index (χ1) is 9.11. The Morgan fingerprint density at radius 1 is 1.11 bits per heavy atom. The second-order valence-electron chi connectivity index (χ2n) is 5.66. The molecule has 1 aromatic carbocycles. The van der Waals surface area contributed by atoms with E-state index in [4.69, 9.17) is 0 Å². The van der Waals surface area contributed by atoms with Crippen molar-refractivity contribution >= 4 is 0 Å². The summed E-state index contributed by atoms with van der Waals surface area (Å²) in [6, 6.07) is 11.8. The number of benzene rings is 1. The highest BCUT2D eigenvalue weighted by atomic mass is 15.2. The second kappa shape index (κ2) is 8.34. The highest BCUT2D eigenvalue weighted by molar-refractivity contribution is 5.21. The van der Waals surface area contributed by atoms with E-state index in [-0.39, 0.29) is 0 Å². The molecule has 1 aromatic rings. The molecule has 0 radical (unpaired) electrons. The van der Waals surface area contributed by atoms with Crippen molar-refractivity contribution < 1.29 is 0 Å². The molecule has 0 heterocycles. The smallest absolute Gasteiger partial charge is 0.0480 e. The fraction of sp³-hybridized carbons (Fsp3) is 0.647. The highest BCUT2D eigenvalue weighted by Crippen LogP contribution is 2.26. The summed E-state index contributed by atoms with van der Waals surface area (Å²) >= 11 is 0. The van der Waals surface area contributed by atoms with Crippen LogP contribution in [0.15, 0.2) is 30.3 Å². The molecule has 2 atom stereocenters. The largest absolute Gasteiger partial charge is 0.309 e. The first-order valence-electron chi connectivity index (χ1n) is 7.60. The summed E-state index contributed by atoms with van der Waals surface area (Å²) in [5.41, 5.74) is 1.39. The third-order valence-corrected chi connectivity index (χ3v) is 3.69. The zero-order valence-electron chi connectivity index (χ0n) is 13.2. The van der Waals surface area contributed by atoms with E-state index in [1.54, 1.807) is 0 Å². The predicted octanol–water partition coefficient (Wildman–Crippen LogP) is 3.70. The number of nitrogens with zero attached hydrogens (tertiary/aromatic N) is 1. The first kappa shape index (κ1) is 16.2. The van der Waals surface area contributed by atoms with E-state index < -0.39 is 0 Å². The lowest BCUT2D eigenvalue weighted by atomic mass is 9.89.